The minimum atomic E-state index is -0.988. The van der Waals surface area contributed by atoms with Crippen molar-refractivity contribution < 1.29 is 14.7 Å². The third-order valence-corrected chi connectivity index (χ3v) is 4.71. The van der Waals surface area contributed by atoms with Crippen molar-refractivity contribution in [3.63, 3.8) is 0 Å². The van der Waals surface area contributed by atoms with E-state index < -0.39 is 5.97 Å². The molecule has 2 heterocycles. The molecule has 0 spiro atoms. The number of hydrogen-bond acceptors (Lipinski definition) is 3. The van der Waals surface area contributed by atoms with Crippen LogP contribution in [0.25, 0.3) is 0 Å². The maximum Gasteiger partial charge on any atom is 0.335 e. The van der Waals surface area contributed by atoms with Crippen LogP contribution >= 0.6 is 11.3 Å². The van der Waals surface area contributed by atoms with Gasteiger partial charge < -0.3 is 10.0 Å². The van der Waals surface area contributed by atoms with Crippen molar-refractivity contribution in [1.82, 2.24) is 4.90 Å². The number of carboxylic acids is 1. The highest BCUT2D eigenvalue weighted by Crippen LogP contribution is 2.24. The summed E-state index contributed by atoms with van der Waals surface area (Å²) in [5, 5.41) is 11.2. The molecule has 0 saturated heterocycles. The Balaban J connectivity index is 1.75. The Hall–Kier alpha value is -2.14. The summed E-state index contributed by atoms with van der Waals surface area (Å²) >= 11 is 1.67. The Morgan fingerprint density at radius 3 is 2.86 bits per heavy atom. The molecule has 0 radical (unpaired) electrons. The molecule has 1 aromatic carbocycles. The number of nitrogens with zero attached hydrogens (tertiary/aromatic N) is 1. The van der Waals surface area contributed by atoms with Crippen LogP contribution in [0.2, 0.25) is 0 Å². The maximum absolute atomic E-state index is 12.4. The summed E-state index contributed by atoms with van der Waals surface area (Å²) in [6.45, 7) is 1.35. The van der Waals surface area contributed by atoms with Gasteiger partial charge in [-0.05, 0) is 35.1 Å². The molecule has 21 heavy (non-hydrogen) atoms. The number of carboxylic acid groups (broad SMARTS) is 1. The van der Waals surface area contributed by atoms with Crippen LogP contribution in [0.5, 0.6) is 0 Å². The van der Waals surface area contributed by atoms with Gasteiger partial charge in [-0.15, -0.1) is 11.3 Å². The van der Waals surface area contributed by atoms with Gasteiger partial charge >= 0.3 is 5.97 Å². The summed E-state index contributed by atoms with van der Waals surface area (Å²) in [4.78, 5) is 26.7. The van der Waals surface area contributed by atoms with Gasteiger partial charge in [0.2, 0.25) is 5.91 Å². The number of benzene rings is 1. The van der Waals surface area contributed by atoms with E-state index in [4.69, 9.17) is 5.11 Å². The molecule has 5 heteroatoms. The van der Waals surface area contributed by atoms with Crippen LogP contribution < -0.4 is 0 Å². The van der Waals surface area contributed by atoms with Gasteiger partial charge in [0.05, 0.1) is 18.5 Å². The summed E-state index contributed by atoms with van der Waals surface area (Å²) in [7, 11) is 0. The predicted molar refractivity (Wildman–Crippen MR) is 80.5 cm³/mol. The Morgan fingerprint density at radius 2 is 2.05 bits per heavy atom. The zero-order valence-electron chi connectivity index (χ0n) is 11.4. The van der Waals surface area contributed by atoms with Gasteiger partial charge in [-0.2, -0.15) is 0 Å². The van der Waals surface area contributed by atoms with Crippen molar-refractivity contribution >= 4 is 23.2 Å². The number of thiophene rings is 1. The summed E-state index contributed by atoms with van der Waals surface area (Å²) in [6.07, 6.45) is 1.02. The molecule has 0 aliphatic carbocycles. The second-order valence-corrected chi connectivity index (χ2v) is 6.07. The highest BCUT2D eigenvalue weighted by atomic mass is 32.1. The number of rotatable bonds is 3. The van der Waals surface area contributed by atoms with E-state index >= 15 is 0 Å². The van der Waals surface area contributed by atoms with Crippen molar-refractivity contribution in [2.75, 3.05) is 6.54 Å². The molecule has 1 amide bonds. The summed E-state index contributed by atoms with van der Waals surface area (Å²) in [5.74, 6) is -1.000. The molecule has 2 aromatic rings. The summed E-state index contributed by atoms with van der Waals surface area (Å²) in [5.41, 5.74) is 2.11. The van der Waals surface area contributed by atoms with E-state index in [-0.39, 0.29) is 17.9 Å². The van der Waals surface area contributed by atoms with Gasteiger partial charge in [-0.1, -0.05) is 18.2 Å². The van der Waals surface area contributed by atoms with Crippen molar-refractivity contribution in [3.05, 3.63) is 57.3 Å². The van der Waals surface area contributed by atoms with E-state index in [2.05, 4.69) is 11.4 Å². The smallest absolute Gasteiger partial charge is 0.335 e. The van der Waals surface area contributed by atoms with Crippen molar-refractivity contribution in [2.45, 2.75) is 19.4 Å². The van der Waals surface area contributed by atoms with Crippen LogP contribution in [0.3, 0.4) is 0 Å². The van der Waals surface area contributed by atoms with Crippen LogP contribution in [0.15, 0.2) is 35.7 Å². The lowest BCUT2D eigenvalue weighted by Gasteiger charge is -2.27. The topological polar surface area (TPSA) is 57.6 Å². The van der Waals surface area contributed by atoms with E-state index in [0.29, 0.717) is 18.7 Å². The summed E-state index contributed by atoms with van der Waals surface area (Å²) in [6, 6.07) is 8.81. The molecular weight excluding hydrogens is 286 g/mol. The lowest BCUT2D eigenvalue weighted by Crippen LogP contribution is -2.36. The van der Waals surface area contributed by atoms with Crippen LogP contribution in [0, 0.1) is 0 Å². The van der Waals surface area contributed by atoms with Crippen molar-refractivity contribution in [3.8, 4) is 0 Å². The molecule has 0 fully saturated rings. The van der Waals surface area contributed by atoms with Gasteiger partial charge in [0, 0.05) is 11.4 Å². The van der Waals surface area contributed by atoms with E-state index in [1.54, 1.807) is 35.6 Å². The molecule has 108 valence electrons. The third-order valence-electron chi connectivity index (χ3n) is 3.77. The average Bonchev–Trinajstić information content (AvgIpc) is 2.94. The van der Waals surface area contributed by atoms with Gasteiger partial charge in [0.15, 0.2) is 0 Å². The SMILES string of the molecule is O=C(O)c1ccccc1CC(=O)N1CCc2ccsc2C1. The molecule has 1 N–H and O–H groups in total. The second kappa shape index (κ2) is 5.69. The quantitative estimate of drug-likeness (QED) is 0.948. The van der Waals surface area contributed by atoms with Gasteiger partial charge in [-0.3, -0.25) is 4.79 Å². The number of carbonyl (C=O) groups excluding carboxylic acids is 1. The Morgan fingerprint density at radius 1 is 1.24 bits per heavy atom. The Labute approximate surface area is 126 Å². The predicted octanol–water partition coefficient (Wildman–Crippen LogP) is 2.57. The normalized spacial score (nSPS) is 13.8. The molecular formula is C16H15NO3S. The fourth-order valence-corrected chi connectivity index (χ4v) is 3.56. The molecule has 0 saturated carbocycles. The minimum absolute atomic E-state index is 0.0113. The van der Waals surface area contributed by atoms with E-state index in [0.717, 1.165) is 6.42 Å². The number of fused-ring (bicyclic) bond motifs is 1. The molecule has 1 aliphatic rings. The standard InChI is InChI=1S/C16H15NO3S/c18-15(9-12-3-1-2-4-13(12)16(19)20)17-7-5-11-6-8-21-14(11)10-17/h1-4,6,8H,5,7,9-10H2,(H,19,20). The zero-order valence-corrected chi connectivity index (χ0v) is 12.2. The first-order valence-electron chi connectivity index (χ1n) is 6.79. The van der Waals surface area contributed by atoms with Crippen molar-refractivity contribution in [1.29, 1.82) is 0 Å². The Bertz CT molecular complexity index is 692. The summed E-state index contributed by atoms with van der Waals surface area (Å²) < 4.78 is 0. The second-order valence-electron chi connectivity index (χ2n) is 5.07. The molecule has 1 aromatic heterocycles. The van der Waals surface area contributed by atoms with Crippen LogP contribution in [0.4, 0.5) is 0 Å². The van der Waals surface area contributed by atoms with Gasteiger partial charge in [-0.25, -0.2) is 4.79 Å². The van der Waals surface area contributed by atoms with E-state index in [9.17, 15) is 9.59 Å². The molecule has 1 aliphatic heterocycles. The molecule has 0 bridgehead atoms. The highest BCUT2D eigenvalue weighted by Gasteiger charge is 2.22. The highest BCUT2D eigenvalue weighted by molar-refractivity contribution is 7.10. The lowest BCUT2D eigenvalue weighted by atomic mass is 10.0. The van der Waals surface area contributed by atoms with Gasteiger partial charge in [0.1, 0.15) is 0 Å². The molecule has 4 nitrogen and oxygen atoms in total. The Kier molecular flexibility index (Phi) is 3.75. The molecule has 0 unspecified atom stereocenters. The number of carbonyl (C=O) groups is 2. The number of amides is 1. The first kappa shape index (κ1) is 13.8. The lowest BCUT2D eigenvalue weighted by molar-refractivity contribution is -0.131. The number of hydrogen-bond donors (Lipinski definition) is 1. The monoisotopic (exact) mass is 301 g/mol. The van der Waals surface area contributed by atoms with Crippen LogP contribution in [0.1, 0.15) is 26.4 Å². The minimum Gasteiger partial charge on any atom is -0.478 e. The first-order valence-corrected chi connectivity index (χ1v) is 7.67. The van der Waals surface area contributed by atoms with Crippen LogP contribution in [-0.4, -0.2) is 28.4 Å². The first-order chi connectivity index (χ1) is 10.1. The van der Waals surface area contributed by atoms with E-state index in [1.165, 1.54) is 10.4 Å². The molecule has 0 atom stereocenters. The fourth-order valence-electron chi connectivity index (χ4n) is 2.61. The van der Waals surface area contributed by atoms with E-state index in [1.807, 2.05) is 4.90 Å². The zero-order chi connectivity index (χ0) is 14.8. The maximum atomic E-state index is 12.4. The fraction of sp³-hybridized carbons (Fsp3) is 0.250. The van der Waals surface area contributed by atoms with Crippen molar-refractivity contribution in [2.24, 2.45) is 0 Å². The third kappa shape index (κ3) is 2.83. The number of aromatic carboxylic acids is 1. The average molecular weight is 301 g/mol. The molecule has 3 rings (SSSR count). The largest absolute Gasteiger partial charge is 0.478 e. The van der Waals surface area contributed by atoms with Gasteiger partial charge in [0.25, 0.3) is 0 Å². The van der Waals surface area contributed by atoms with Crippen LogP contribution in [-0.2, 0) is 24.2 Å².